The van der Waals surface area contributed by atoms with E-state index in [9.17, 15) is 14.4 Å². The van der Waals surface area contributed by atoms with Crippen LogP contribution in [0.25, 0.3) is 0 Å². The van der Waals surface area contributed by atoms with Crippen molar-refractivity contribution in [2.75, 3.05) is 19.0 Å². The van der Waals surface area contributed by atoms with Gasteiger partial charge in [0.2, 0.25) is 0 Å². The fraction of sp³-hybridized carbons (Fsp3) is 0.444. The van der Waals surface area contributed by atoms with E-state index in [4.69, 9.17) is 9.47 Å². The van der Waals surface area contributed by atoms with Crippen LogP contribution >= 0.6 is 11.3 Å². The molecule has 0 aliphatic rings. The molecule has 0 aliphatic carbocycles. The lowest BCUT2D eigenvalue weighted by molar-refractivity contribution is 0.0506. The van der Waals surface area contributed by atoms with Crippen LogP contribution < -0.4 is 5.32 Å². The van der Waals surface area contributed by atoms with Crippen LogP contribution in [0.3, 0.4) is 0 Å². The van der Waals surface area contributed by atoms with Crippen molar-refractivity contribution in [2.45, 2.75) is 34.1 Å². The number of anilines is 1. The zero-order valence-electron chi connectivity index (χ0n) is 16.3. The molecule has 9 heteroatoms. The number of thiophene rings is 1. The van der Waals surface area contributed by atoms with Gasteiger partial charge in [-0.15, -0.1) is 11.3 Å². The number of ether oxygens (including phenoxy) is 2. The maximum Gasteiger partial charge on any atom is 0.348 e. The van der Waals surface area contributed by atoms with Crippen molar-refractivity contribution >= 4 is 34.2 Å². The average molecular weight is 393 g/mol. The maximum absolute atomic E-state index is 12.8. The van der Waals surface area contributed by atoms with Crippen molar-refractivity contribution in [1.29, 1.82) is 0 Å². The maximum atomic E-state index is 12.8. The van der Waals surface area contributed by atoms with Crippen molar-refractivity contribution in [3.8, 4) is 0 Å². The minimum absolute atomic E-state index is 0.168. The number of amides is 1. The third kappa shape index (κ3) is 4.02. The topological polar surface area (TPSA) is 99.5 Å². The molecule has 0 spiro atoms. The molecule has 0 aliphatic heterocycles. The molecule has 2 heterocycles. The minimum Gasteiger partial charge on any atom is -0.465 e. The van der Waals surface area contributed by atoms with Crippen molar-refractivity contribution in [3.63, 3.8) is 0 Å². The number of methoxy groups -OCH3 is 1. The lowest BCUT2D eigenvalue weighted by Gasteiger charge is -2.08. The van der Waals surface area contributed by atoms with Crippen molar-refractivity contribution < 1.29 is 23.9 Å². The van der Waals surface area contributed by atoms with Gasteiger partial charge in [-0.2, -0.15) is 5.10 Å². The van der Waals surface area contributed by atoms with Gasteiger partial charge in [0.15, 0.2) is 0 Å². The van der Waals surface area contributed by atoms with Crippen LogP contribution in [-0.4, -0.2) is 41.3 Å². The summed E-state index contributed by atoms with van der Waals surface area (Å²) in [7, 11) is 3.01. The molecule has 1 N–H and O–H groups in total. The molecular weight excluding hydrogens is 370 g/mol. The summed E-state index contributed by atoms with van der Waals surface area (Å²) < 4.78 is 11.6. The Morgan fingerprint density at radius 2 is 1.81 bits per heavy atom. The summed E-state index contributed by atoms with van der Waals surface area (Å²) in [4.78, 5) is 37.5. The number of carbonyl (C=O) groups excluding carboxylic acids is 3. The Morgan fingerprint density at radius 3 is 2.33 bits per heavy atom. The summed E-state index contributed by atoms with van der Waals surface area (Å²) in [5.74, 6) is -1.56. The molecule has 1 amide bonds. The minimum atomic E-state index is -0.587. The molecule has 0 radical (unpaired) electrons. The van der Waals surface area contributed by atoms with Crippen LogP contribution in [0.1, 0.15) is 60.7 Å². The fourth-order valence-corrected chi connectivity index (χ4v) is 3.78. The zero-order valence-corrected chi connectivity index (χ0v) is 17.1. The van der Waals surface area contributed by atoms with E-state index < -0.39 is 17.8 Å². The van der Waals surface area contributed by atoms with Crippen LogP contribution in [0.5, 0.6) is 0 Å². The first kappa shape index (κ1) is 20.6. The normalized spacial score (nSPS) is 10.6. The third-order valence-corrected chi connectivity index (χ3v) is 5.31. The number of hydrogen-bond donors (Lipinski definition) is 1. The molecular formula is C18H23N3O5S. The fourth-order valence-electron chi connectivity index (χ4n) is 2.67. The van der Waals surface area contributed by atoms with Crippen LogP contribution in [0, 0.1) is 20.8 Å². The predicted molar refractivity (Wildman–Crippen MR) is 102 cm³/mol. The summed E-state index contributed by atoms with van der Waals surface area (Å²) in [6, 6.07) is 0. The van der Waals surface area contributed by atoms with E-state index in [0.29, 0.717) is 28.9 Å². The van der Waals surface area contributed by atoms with Gasteiger partial charge in [0.05, 0.1) is 30.5 Å². The van der Waals surface area contributed by atoms with Crippen molar-refractivity contribution in [2.24, 2.45) is 7.05 Å². The van der Waals surface area contributed by atoms with Crippen LogP contribution in [0.4, 0.5) is 5.00 Å². The average Bonchev–Trinajstić information content (AvgIpc) is 3.07. The Kier molecular flexibility index (Phi) is 6.37. The second-order valence-corrected chi connectivity index (χ2v) is 7.03. The Bertz CT molecular complexity index is 897. The molecule has 0 aromatic carbocycles. The highest BCUT2D eigenvalue weighted by Crippen LogP contribution is 2.35. The molecule has 0 saturated heterocycles. The molecule has 2 rings (SSSR count). The SMILES string of the molecule is CCCOC(=O)c1c(NC(=O)c2c(C)nn(C)c2C)sc(C(=O)OC)c1C. The monoisotopic (exact) mass is 393 g/mol. The van der Waals surface area contributed by atoms with Crippen LogP contribution in [0.15, 0.2) is 0 Å². The number of rotatable bonds is 6. The smallest absolute Gasteiger partial charge is 0.348 e. The van der Waals surface area contributed by atoms with E-state index in [-0.39, 0.29) is 22.0 Å². The first-order valence-corrected chi connectivity index (χ1v) is 9.24. The molecule has 0 saturated carbocycles. The Labute approximate surface area is 161 Å². The molecule has 8 nitrogen and oxygen atoms in total. The van der Waals surface area contributed by atoms with E-state index in [1.165, 1.54) is 7.11 Å². The lowest BCUT2D eigenvalue weighted by Crippen LogP contribution is -2.16. The summed E-state index contributed by atoms with van der Waals surface area (Å²) in [6.45, 7) is 7.27. The van der Waals surface area contributed by atoms with E-state index in [0.717, 1.165) is 11.3 Å². The number of nitrogens with one attached hydrogen (secondary N) is 1. The van der Waals surface area contributed by atoms with E-state index in [1.807, 2.05) is 6.92 Å². The number of nitrogens with zero attached hydrogens (tertiary/aromatic N) is 2. The molecule has 27 heavy (non-hydrogen) atoms. The highest BCUT2D eigenvalue weighted by atomic mass is 32.1. The Morgan fingerprint density at radius 1 is 1.15 bits per heavy atom. The highest BCUT2D eigenvalue weighted by molar-refractivity contribution is 7.18. The predicted octanol–water partition coefficient (Wildman–Crippen LogP) is 3.01. The molecule has 2 aromatic heterocycles. The molecule has 146 valence electrons. The standard InChI is InChI=1S/C18H23N3O5S/c1-7-8-26-17(23)12-9(2)14(18(24)25-6)27-16(12)19-15(22)13-10(3)20-21(5)11(13)4/h7-8H2,1-6H3,(H,19,22). The number of carbonyl (C=O) groups is 3. The van der Waals surface area contributed by atoms with Gasteiger partial charge in [-0.3, -0.25) is 9.48 Å². The summed E-state index contributed by atoms with van der Waals surface area (Å²) in [5, 5.41) is 7.22. The number of aryl methyl sites for hydroxylation is 2. The summed E-state index contributed by atoms with van der Waals surface area (Å²) in [5.41, 5.74) is 2.28. The zero-order chi connectivity index (χ0) is 20.3. The molecule has 2 aromatic rings. The van der Waals surface area contributed by atoms with Gasteiger partial charge in [-0.25, -0.2) is 9.59 Å². The van der Waals surface area contributed by atoms with E-state index >= 15 is 0 Å². The lowest BCUT2D eigenvalue weighted by atomic mass is 10.1. The van der Waals surface area contributed by atoms with Gasteiger partial charge in [0, 0.05) is 12.7 Å². The van der Waals surface area contributed by atoms with Crippen molar-refractivity contribution in [3.05, 3.63) is 33.0 Å². The van der Waals surface area contributed by atoms with Gasteiger partial charge in [0.25, 0.3) is 5.91 Å². The van der Waals surface area contributed by atoms with Gasteiger partial charge < -0.3 is 14.8 Å². The van der Waals surface area contributed by atoms with Gasteiger partial charge in [-0.05, 0) is 32.8 Å². The van der Waals surface area contributed by atoms with Crippen LogP contribution in [-0.2, 0) is 16.5 Å². The van der Waals surface area contributed by atoms with Crippen LogP contribution in [0.2, 0.25) is 0 Å². The molecule has 0 atom stereocenters. The third-order valence-electron chi connectivity index (χ3n) is 4.12. The second kappa shape index (κ2) is 8.34. The summed E-state index contributed by atoms with van der Waals surface area (Å²) >= 11 is 0.988. The largest absolute Gasteiger partial charge is 0.465 e. The molecule has 0 bridgehead atoms. The number of hydrogen-bond acceptors (Lipinski definition) is 7. The molecule has 0 fully saturated rings. The highest BCUT2D eigenvalue weighted by Gasteiger charge is 2.28. The second-order valence-electron chi connectivity index (χ2n) is 6.01. The van der Waals surface area contributed by atoms with Gasteiger partial charge in [-0.1, -0.05) is 6.92 Å². The van der Waals surface area contributed by atoms with E-state index in [1.54, 1.807) is 32.5 Å². The first-order chi connectivity index (χ1) is 12.7. The number of aromatic nitrogens is 2. The van der Waals surface area contributed by atoms with E-state index in [2.05, 4.69) is 10.4 Å². The summed E-state index contributed by atoms with van der Waals surface area (Å²) in [6.07, 6.45) is 0.661. The Balaban J connectivity index is 2.46. The quantitative estimate of drug-likeness (QED) is 0.758. The first-order valence-electron chi connectivity index (χ1n) is 8.43. The molecule has 0 unspecified atom stereocenters. The number of esters is 2. The Hall–Kier alpha value is -2.68. The van der Waals surface area contributed by atoms with Gasteiger partial charge >= 0.3 is 11.9 Å². The van der Waals surface area contributed by atoms with Gasteiger partial charge in [0.1, 0.15) is 9.88 Å². The van der Waals surface area contributed by atoms with Crippen molar-refractivity contribution in [1.82, 2.24) is 9.78 Å².